The molecule has 56 valence electrons. The van der Waals surface area contributed by atoms with E-state index in [1.807, 2.05) is 0 Å². The van der Waals surface area contributed by atoms with Crippen molar-refractivity contribution in [1.82, 2.24) is 0 Å². The van der Waals surface area contributed by atoms with Gasteiger partial charge in [-0.3, -0.25) is 0 Å². The van der Waals surface area contributed by atoms with E-state index >= 15 is 0 Å². The van der Waals surface area contributed by atoms with Gasteiger partial charge in [-0.05, 0) is 25.5 Å². The van der Waals surface area contributed by atoms with Crippen molar-refractivity contribution in [1.29, 1.82) is 0 Å². The SMILES string of the molecule is [I-].[SH2+]CC1CCCCC1. The summed E-state index contributed by atoms with van der Waals surface area (Å²) in [4.78, 5) is 0. The predicted molar refractivity (Wildman–Crippen MR) is 41.6 cm³/mol. The monoisotopic (exact) mass is 258 g/mol. The van der Waals surface area contributed by atoms with Crippen molar-refractivity contribution in [2.75, 3.05) is 5.75 Å². The van der Waals surface area contributed by atoms with Crippen LogP contribution >= 0.6 is 0 Å². The van der Waals surface area contributed by atoms with Crippen LogP contribution in [-0.4, -0.2) is 5.75 Å². The first-order valence-electron chi connectivity index (χ1n) is 3.58. The van der Waals surface area contributed by atoms with Crippen molar-refractivity contribution in [2.45, 2.75) is 32.1 Å². The molecule has 1 aliphatic carbocycles. The van der Waals surface area contributed by atoms with Crippen LogP contribution in [0.1, 0.15) is 32.1 Å². The summed E-state index contributed by atoms with van der Waals surface area (Å²) < 4.78 is 0. The third-order valence-electron chi connectivity index (χ3n) is 2.01. The van der Waals surface area contributed by atoms with Gasteiger partial charge in [-0.25, -0.2) is 0 Å². The number of hydrogen-bond acceptors (Lipinski definition) is 0. The predicted octanol–water partition coefficient (Wildman–Crippen LogP) is -1.42. The van der Waals surface area contributed by atoms with E-state index in [4.69, 9.17) is 0 Å². The van der Waals surface area contributed by atoms with Crippen molar-refractivity contribution < 1.29 is 24.0 Å². The van der Waals surface area contributed by atoms with Crippen molar-refractivity contribution in [3.05, 3.63) is 0 Å². The number of hydrogen-bond donors (Lipinski definition) is 0. The van der Waals surface area contributed by atoms with E-state index in [0.717, 1.165) is 5.92 Å². The Labute approximate surface area is 80.2 Å². The standard InChI is InChI=1S/C7H14S.HI/c8-6-7-4-2-1-3-5-7;/h7-8H,1-6H2;1H. The molecule has 0 aromatic heterocycles. The second-order valence-corrected chi connectivity index (χ2v) is 3.12. The van der Waals surface area contributed by atoms with Gasteiger partial charge < -0.3 is 24.0 Å². The van der Waals surface area contributed by atoms with E-state index < -0.39 is 0 Å². The zero-order chi connectivity index (χ0) is 5.82. The highest BCUT2D eigenvalue weighted by molar-refractivity contribution is 7.58. The molecule has 2 heteroatoms. The Morgan fingerprint density at radius 1 is 1.11 bits per heavy atom. The largest absolute Gasteiger partial charge is 1.00 e. The van der Waals surface area contributed by atoms with Crippen molar-refractivity contribution in [2.24, 2.45) is 5.92 Å². The zero-order valence-electron chi connectivity index (χ0n) is 5.70. The molecule has 0 radical (unpaired) electrons. The average molecular weight is 258 g/mol. The summed E-state index contributed by atoms with van der Waals surface area (Å²) in [7, 11) is 0. The van der Waals surface area contributed by atoms with Crippen molar-refractivity contribution in [3.63, 3.8) is 0 Å². The molecule has 0 aromatic carbocycles. The Hall–Kier alpha value is 1.08. The third kappa shape index (κ3) is 3.71. The molecule has 0 N–H and O–H groups in total. The summed E-state index contributed by atoms with van der Waals surface area (Å²) >= 11 is 3.56. The molecular weight excluding hydrogens is 243 g/mol. The van der Waals surface area contributed by atoms with Gasteiger partial charge in [0.15, 0.2) is 0 Å². The molecule has 0 unspecified atom stereocenters. The van der Waals surface area contributed by atoms with E-state index in [2.05, 4.69) is 12.6 Å². The van der Waals surface area contributed by atoms with Gasteiger partial charge in [0.25, 0.3) is 0 Å². The quantitative estimate of drug-likeness (QED) is 0.400. The van der Waals surface area contributed by atoms with E-state index in [-0.39, 0.29) is 24.0 Å². The van der Waals surface area contributed by atoms with Gasteiger partial charge >= 0.3 is 0 Å². The zero-order valence-corrected chi connectivity index (χ0v) is 8.86. The van der Waals surface area contributed by atoms with E-state index in [0.29, 0.717) is 0 Å². The first kappa shape index (κ1) is 10.1. The molecule has 1 rings (SSSR count). The summed E-state index contributed by atoms with van der Waals surface area (Å²) in [5.41, 5.74) is 0. The maximum Gasteiger partial charge on any atom is 0.106 e. The molecule has 1 saturated carbocycles. The van der Waals surface area contributed by atoms with Crippen LogP contribution in [0.25, 0.3) is 0 Å². The molecule has 0 bridgehead atoms. The molecule has 0 nitrogen and oxygen atoms in total. The van der Waals surface area contributed by atoms with Gasteiger partial charge in [0.2, 0.25) is 0 Å². The Balaban J connectivity index is 0.000000640. The summed E-state index contributed by atoms with van der Waals surface area (Å²) in [6, 6.07) is 0. The topological polar surface area (TPSA) is 0 Å². The maximum absolute atomic E-state index is 3.56. The van der Waals surface area contributed by atoms with Crippen LogP contribution in [0, 0.1) is 5.92 Å². The van der Waals surface area contributed by atoms with Crippen molar-refractivity contribution >= 4 is 12.6 Å². The molecule has 1 aliphatic rings. The van der Waals surface area contributed by atoms with Gasteiger partial charge in [-0.2, -0.15) is 0 Å². The van der Waals surface area contributed by atoms with Crippen LogP contribution in [0.5, 0.6) is 0 Å². The maximum atomic E-state index is 3.56. The molecule has 0 aliphatic heterocycles. The van der Waals surface area contributed by atoms with Crippen LogP contribution in [0.3, 0.4) is 0 Å². The van der Waals surface area contributed by atoms with E-state index in [1.165, 1.54) is 37.9 Å². The van der Waals surface area contributed by atoms with Gasteiger partial charge in [0, 0.05) is 5.92 Å². The average Bonchev–Trinajstić information content (AvgIpc) is 1.90. The summed E-state index contributed by atoms with van der Waals surface area (Å²) in [5.74, 6) is 2.22. The van der Waals surface area contributed by atoms with Crippen molar-refractivity contribution in [3.8, 4) is 0 Å². The number of halogens is 1. The van der Waals surface area contributed by atoms with Crippen LogP contribution in [0.4, 0.5) is 0 Å². The summed E-state index contributed by atoms with van der Waals surface area (Å²) in [5, 5.41) is 0. The Morgan fingerprint density at radius 3 is 2.00 bits per heavy atom. The highest BCUT2D eigenvalue weighted by Gasteiger charge is 2.12. The molecule has 0 atom stereocenters. The van der Waals surface area contributed by atoms with Crippen LogP contribution in [0.15, 0.2) is 0 Å². The molecule has 0 heterocycles. The Morgan fingerprint density at radius 2 is 1.67 bits per heavy atom. The highest BCUT2D eigenvalue weighted by atomic mass is 127. The first-order valence-corrected chi connectivity index (χ1v) is 4.29. The molecular formula is C7H15IS. The smallest absolute Gasteiger partial charge is 0.106 e. The molecule has 0 saturated heterocycles. The lowest BCUT2D eigenvalue weighted by Crippen LogP contribution is -3.00. The van der Waals surface area contributed by atoms with E-state index in [1.54, 1.807) is 0 Å². The van der Waals surface area contributed by atoms with Crippen LogP contribution in [0.2, 0.25) is 0 Å². The normalized spacial score (nSPS) is 21.0. The lowest BCUT2D eigenvalue weighted by atomic mass is 9.91. The van der Waals surface area contributed by atoms with Crippen LogP contribution in [-0.2, 0) is 12.6 Å². The number of rotatable bonds is 1. The fraction of sp³-hybridized carbons (Fsp3) is 1.00. The minimum atomic E-state index is 0. The van der Waals surface area contributed by atoms with Gasteiger partial charge in [-0.15, -0.1) is 0 Å². The molecule has 0 amide bonds. The lowest BCUT2D eigenvalue weighted by molar-refractivity contribution is -0.00000168. The van der Waals surface area contributed by atoms with E-state index in [9.17, 15) is 0 Å². The second kappa shape index (κ2) is 5.83. The summed E-state index contributed by atoms with van der Waals surface area (Å²) in [6.07, 6.45) is 7.33. The van der Waals surface area contributed by atoms with Gasteiger partial charge in [0.05, 0.1) is 0 Å². The fourth-order valence-electron chi connectivity index (χ4n) is 1.39. The minimum Gasteiger partial charge on any atom is -1.00 e. The minimum absolute atomic E-state index is 0. The molecule has 1 fully saturated rings. The highest BCUT2D eigenvalue weighted by Crippen LogP contribution is 2.22. The second-order valence-electron chi connectivity index (χ2n) is 2.71. The first-order chi connectivity index (χ1) is 3.93. The third-order valence-corrected chi connectivity index (χ3v) is 2.59. The van der Waals surface area contributed by atoms with Crippen LogP contribution < -0.4 is 24.0 Å². The van der Waals surface area contributed by atoms with Gasteiger partial charge in [0.1, 0.15) is 5.75 Å². The summed E-state index contributed by atoms with van der Waals surface area (Å²) in [6.45, 7) is 0. The Bertz CT molecular complexity index is 59.9. The van der Waals surface area contributed by atoms with Gasteiger partial charge in [-0.1, -0.05) is 19.3 Å². The molecule has 0 aromatic rings. The lowest BCUT2D eigenvalue weighted by Gasteiger charge is -2.16. The molecule has 0 spiro atoms. The Kier molecular flexibility index (Phi) is 6.53. The fourth-order valence-corrected chi connectivity index (χ4v) is 1.80. The molecule has 9 heavy (non-hydrogen) atoms.